The predicted octanol–water partition coefficient (Wildman–Crippen LogP) is 1.86. The van der Waals surface area contributed by atoms with Crippen molar-refractivity contribution in [3.63, 3.8) is 0 Å². The van der Waals surface area contributed by atoms with E-state index in [0.29, 0.717) is 11.9 Å². The largest absolute Gasteiger partial charge is 0.383 e. The van der Waals surface area contributed by atoms with E-state index in [-0.39, 0.29) is 5.92 Å². The van der Waals surface area contributed by atoms with Crippen LogP contribution in [-0.4, -0.2) is 61.9 Å². The summed E-state index contributed by atoms with van der Waals surface area (Å²) >= 11 is 3.66. The molecule has 4 rings (SSSR count). The second-order valence-corrected chi connectivity index (χ2v) is 7.76. The van der Waals surface area contributed by atoms with Gasteiger partial charge in [0.05, 0.1) is 22.6 Å². The summed E-state index contributed by atoms with van der Waals surface area (Å²) in [6.07, 6.45) is 5.39. The van der Waals surface area contributed by atoms with E-state index in [4.69, 9.17) is 10.7 Å². The average Bonchev–Trinajstić information content (AvgIpc) is 3.22. The van der Waals surface area contributed by atoms with Gasteiger partial charge in [-0.1, -0.05) is 0 Å². The Balaban J connectivity index is 1.81. The quantitative estimate of drug-likeness (QED) is 0.599. The molecule has 1 saturated heterocycles. The minimum Gasteiger partial charge on any atom is -0.383 e. The molecule has 4 N–H and O–H groups in total. The lowest BCUT2D eigenvalue weighted by Gasteiger charge is -2.27. The molecule has 4 heterocycles. The first-order chi connectivity index (χ1) is 12.6. The number of nitrogens with two attached hydrogens (primary N) is 1. The van der Waals surface area contributed by atoms with Crippen molar-refractivity contribution in [2.45, 2.75) is 25.8 Å². The molecule has 1 atom stereocenters. The molecule has 0 aliphatic carbocycles. The highest BCUT2D eigenvalue weighted by Gasteiger charge is 2.26. The Labute approximate surface area is 160 Å². The van der Waals surface area contributed by atoms with Gasteiger partial charge in [-0.3, -0.25) is 10.00 Å². The minimum atomic E-state index is 0.244. The van der Waals surface area contributed by atoms with Crippen LogP contribution in [-0.2, 0) is 0 Å². The first kappa shape index (κ1) is 17.4. The van der Waals surface area contributed by atoms with Gasteiger partial charge in [-0.25, -0.2) is 4.98 Å². The molecule has 0 saturated carbocycles. The van der Waals surface area contributed by atoms with Gasteiger partial charge in [-0.15, -0.1) is 0 Å². The number of anilines is 1. The molecule has 1 aliphatic rings. The Hall–Kier alpha value is -1.97. The number of hydrogen-bond donors (Lipinski definition) is 3. The molecule has 138 valence electrons. The molecule has 26 heavy (non-hydrogen) atoms. The molecule has 9 heteroatoms. The lowest BCUT2D eigenvalue weighted by molar-refractivity contribution is 0.226. The van der Waals surface area contributed by atoms with Crippen molar-refractivity contribution in [1.29, 1.82) is 0 Å². The van der Waals surface area contributed by atoms with E-state index >= 15 is 0 Å². The zero-order valence-corrected chi connectivity index (χ0v) is 16.5. The van der Waals surface area contributed by atoms with E-state index in [1.165, 1.54) is 0 Å². The van der Waals surface area contributed by atoms with Crippen molar-refractivity contribution in [1.82, 2.24) is 35.0 Å². The maximum Gasteiger partial charge on any atom is 0.165 e. The summed E-state index contributed by atoms with van der Waals surface area (Å²) in [6.45, 7) is 8.31. The van der Waals surface area contributed by atoms with Gasteiger partial charge in [0.15, 0.2) is 5.65 Å². The monoisotopic (exact) mass is 418 g/mol. The van der Waals surface area contributed by atoms with Crippen LogP contribution < -0.4 is 11.1 Å². The number of halogens is 1. The van der Waals surface area contributed by atoms with Crippen LogP contribution in [0.3, 0.4) is 0 Å². The fourth-order valence-electron chi connectivity index (χ4n) is 3.48. The second-order valence-electron chi connectivity index (χ2n) is 6.97. The fraction of sp³-hybridized carbons (Fsp3) is 0.471. The molecule has 1 fully saturated rings. The topological polar surface area (TPSA) is 100 Å². The van der Waals surface area contributed by atoms with Crippen LogP contribution in [0.2, 0.25) is 0 Å². The van der Waals surface area contributed by atoms with Crippen LogP contribution in [0.25, 0.3) is 16.8 Å². The lowest BCUT2D eigenvalue weighted by Crippen LogP contribution is -2.35. The zero-order chi connectivity index (χ0) is 18.3. The average molecular weight is 419 g/mol. The van der Waals surface area contributed by atoms with Gasteiger partial charge in [-0.05, 0) is 29.8 Å². The molecule has 8 nitrogen and oxygen atoms in total. The Morgan fingerprint density at radius 3 is 2.92 bits per heavy atom. The minimum absolute atomic E-state index is 0.244. The second kappa shape index (κ2) is 6.98. The summed E-state index contributed by atoms with van der Waals surface area (Å²) in [6, 6.07) is 0.494. The first-order valence-corrected chi connectivity index (χ1v) is 9.62. The molecule has 0 spiro atoms. The predicted molar refractivity (Wildman–Crippen MR) is 105 cm³/mol. The first-order valence-electron chi connectivity index (χ1n) is 8.82. The third kappa shape index (κ3) is 3.00. The molecule has 1 aliphatic heterocycles. The van der Waals surface area contributed by atoms with E-state index < -0.39 is 0 Å². The highest BCUT2D eigenvalue weighted by molar-refractivity contribution is 9.10. The maximum atomic E-state index is 6.38. The van der Waals surface area contributed by atoms with Crippen LogP contribution >= 0.6 is 15.9 Å². The Kier molecular flexibility index (Phi) is 4.68. The van der Waals surface area contributed by atoms with E-state index in [2.05, 4.69) is 55.3 Å². The van der Waals surface area contributed by atoms with Gasteiger partial charge in [0.2, 0.25) is 0 Å². The van der Waals surface area contributed by atoms with Crippen molar-refractivity contribution < 1.29 is 0 Å². The molecule has 3 aromatic rings. The van der Waals surface area contributed by atoms with E-state index in [1.807, 2.05) is 6.20 Å². The van der Waals surface area contributed by atoms with Crippen molar-refractivity contribution in [2.75, 3.05) is 31.9 Å². The number of nitrogen functional groups attached to an aromatic ring is 1. The number of aromatic amines is 1. The van der Waals surface area contributed by atoms with Gasteiger partial charge in [0.1, 0.15) is 5.82 Å². The molecule has 0 aromatic carbocycles. The molecule has 0 radical (unpaired) electrons. The number of aromatic nitrogens is 5. The van der Waals surface area contributed by atoms with Crippen LogP contribution in [0.1, 0.15) is 25.5 Å². The molecule has 0 amide bonds. The normalized spacial score (nSPS) is 19.3. The molecular weight excluding hydrogens is 396 g/mol. The summed E-state index contributed by atoms with van der Waals surface area (Å²) in [7, 11) is 0. The smallest absolute Gasteiger partial charge is 0.165 e. The summed E-state index contributed by atoms with van der Waals surface area (Å²) in [5.41, 5.74) is 9.97. The summed E-state index contributed by atoms with van der Waals surface area (Å²) in [5, 5.41) is 14.8. The lowest BCUT2D eigenvalue weighted by atomic mass is 10.0. The van der Waals surface area contributed by atoms with Crippen molar-refractivity contribution in [3.05, 3.63) is 28.8 Å². The highest BCUT2D eigenvalue weighted by Crippen LogP contribution is 2.33. The van der Waals surface area contributed by atoms with Gasteiger partial charge >= 0.3 is 0 Å². The fourth-order valence-corrected chi connectivity index (χ4v) is 4.06. The number of H-pyrrole nitrogens is 1. The molecule has 1 unspecified atom stereocenters. The standard InChI is InChI=1S/C17H23BrN8/c1-10(2)25-4-3-20-5-12(9-25)15-14(18)16(19)26-17(24-15)13(8-23-26)11-6-21-22-7-11/h6-8,10,12,20H,3-5,9,19H2,1-2H3,(H,21,22). The Morgan fingerprint density at radius 1 is 1.35 bits per heavy atom. The number of rotatable bonds is 3. The van der Waals surface area contributed by atoms with Gasteiger partial charge in [-0.2, -0.15) is 14.7 Å². The van der Waals surface area contributed by atoms with Gasteiger partial charge in [0, 0.05) is 55.5 Å². The maximum absolute atomic E-state index is 6.38. The van der Waals surface area contributed by atoms with Crippen molar-refractivity contribution in [2.24, 2.45) is 0 Å². The third-order valence-electron chi connectivity index (χ3n) is 5.00. The Morgan fingerprint density at radius 2 is 2.19 bits per heavy atom. The van der Waals surface area contributed by atoms with Crippen LogP contribution in [0, 0.1) is 0 Å². The number of nitrogens with zero attached hydrogens (tertiary/aromatic N) is 5. The number of nitrogens with one attached hydrogen (secondary N) is 2. The summed E-state index contributed by atoms with van der Waals surface area (Å²) in [5.74, 6) is 0.814. The van der Waals surface area contributed by atoms with E-state index in [0.717, 1.165) is 53.1 Å². The molecule has 3 aromatic heterocycles. The zero-order valence-electron chi connectivity index (χ0n) is 14.9. The number of fused-ring (bicyclic) bond motifs is 1. The van der Waals surface area contributed by atoms with E-state index in [1.54, 1.807) is 16.9 Å². The van der Waals surface area contributed by atoms with E-state index in [9.17, 15) is 0 Å². The molecular formula is C17H23BrN8. The summed E-state index contributed by atoms with van der Waals surface area (Å²) in [4.78, 5) is 7.45. The van der Waals surface area contributed by atoms with Crippen LogP contribution in [0.5, 0.6) is 0 Å². The van der Waals surface area contributed by atoms with Gasteiger partial charge in [0.25, 0.3) is 0 Å². The van der Waals surface area contributed by atoms with Crippen molar-refractivity contribution >= 4 is 27.4 Å². The third-order valence-corrected chi connectivity index (χ3v) is 5.81. The van der Waals surface area contributed by atoms with Crippen LogP contribution in [0.4, 0.5) is 5.82 Å². The van der Waals surface area contributed by atoms with Crippen molar-refractivity contribution in [3.8, 4) is 11.1 Å². The Bertz CT molecular complexity index is 901. The number of hydrogen-bond acceptors (Lipinski definition) is 6. The SMILES string of the molecule is CC(C)N1CCNCC(c2nc3c(-c4cn[nH]c4)cnn3c(N)c2Br)C1. The highest BCUT2D eigenvalue weighted by atomic mass is 79.9. The van der Waals surface area contributed by atoms with Crippen LogP contribution in [0.15, 0.2) is 23.1 Å². The van der Waals surface area contributed by atoms with Gasteiger partial charge < -0.3 is 11.1 Å². The summed E-state index contributed by atoms with van der Waals surface area (Å²) < 4.78 is 2.50. The molecule has 0 bridgehead atoms.